The van der Waals surface area contributed by atoms with E-state index in [2.05, 4.69) is 29.2 Å². The molecular weight excluding hydrogens is 731 g/mol. The summed E-state index contributed by atoms with van der Waals surface area (Å²) in [7, 11) is 1.71. The average molecular weight is 776 g/mol. The van der Waals surface area contributed by atoms with Crippen LogP contribution in [-0.4, -0.2) is 94.8 Å². The van der Waals surface area contributed by atoms with Crippen molar-refractivity contribution in [3.8, 4) is 17.2 Å². The predicted molar refractivity (Wildman–Crippen MR) is 222 cm³/mol. The van der Waals surface area contributed by atoms with Crippen molar-refractivity contribution in [2.75, 3.05) is 51.3 Å². The molecule has 1 saturated heterocycles. The van der Waals surface area contributed by atoms with Crippen LogP contribution in [-0.2, 0) is 30.7 Å². The Morgan fingerprint density at radius 1 is 0.776 bits per heavy atom. The summed E-state index contributed by atoms with van der Waals surface area (Å²) in [5.41, 5.74) is 7.36. The van der Waals surface area contributed by atoms with Crippen molar-refractivity contribution in [2.45, 2.75) is 32.0 Å². The lowest BCUT2D eigenvalue weighted by Gasteiger charge is -2.41. The van der Waals surface area contributed by atoms with Gasteiger partial charge in [0.15, 0.2) is 0 Å². The highest BCUT2D eigenvalue weighted by atomic mass is 16.6. The van der Waals surface area contributed by atoms with Crippen LogP contribution >= 0.6 is 0 Å². The number of amides is 3. The Morgan fingerprint density at radius 3 is 2.29 bits per heavy atom. The number of rotatable bonds is 7. The fourth-order valence-electron chi connectivity index (χ4n) is 8.53. The number of hydrogen-bond acceptors (Lipinski definition) is 7. The zero-order valence-electron chi connectivity index (χ0n) is 32.4. The lowest BCUT2D eigenvalue weighted by Crippen LogP contribution is -2.52. The molecule has 0 aliphatic carbocycles. The molecule has 4 heterocycles. The van der Waals surface area contributed by atoms with Gasteiger partial charge in [-0.15, -0.1) is 0 Å². The van der Waals surface area contributed by atoms with Crippen molar-refractivity contribution < 1.29 is 29.0 Å². The highest BCUT2D eigenvalue weighted by Gasteiger charge is 2.35. The second-order valence-corrected chi connectivity index (χ2v) is 15.3. The highest BCUT2D eigenvalue weighted by Crippen LogP contribution is 2.35. The minimum absolute atomic E-state index is 0.0840. The fourth-order valence-corrected chi connectivity index (χ4v) is 8.53. The molecular formula is C47H45N5O6. The molecule has 0 spiro atoms. The lowest BCUT2D eigenvalue weighted by atomic mass is 9.91. The molecule has 1 fully saturated rings. The number of ether oxygens (including phenoxy) is 2. The smallest absolute Gasteiger partial charge is 0.415 e. The Labute approximate surface area is 337 Å². The number of carbonyl (C=O) groups is 3. The first-order valence-corrected chi connectivity index (χ1v) is 19.8. The van der Waals surface area contributed by atoms with Gasteiger partial charge in [0.1, 0.15) is 11.5 Å². The number of benzene rings is 5. The molecule has 3 aliphatic heterocycles. The van der Waals surface area contributed by atoms with E-state index in [1.165, 1.54) is 5.56 Å². The molecule has 1 atom stereocenters. The summed E-state index contributed by atoms with van der Waals surface area (Å²) in [5.74, 6) is 0.257. The topological polar surface area (TPSA) is 108 Å². The van der Waals surface area contributed by atoms with E-state index in [1.54, 1.807) is 53.2 Å². The largest absolute Gasteiger partial charge is 0.508 e. The van der Waals surface area contributed by atoms with Crippen LogP contribution < -0.4 is 9.64 Å². The van der Waals surface area contributed by atoms with Crippen molar-refractivity contribution in [1.29, 1.82) is 0 Å². The predicted octanol–water partition coefficient (Wildman–Crippen LogP) is 7.07. The molecule has 3 amide bonds. The molecule has 1 aromatic heterocycles. The van der Waals surface area contributed by atoms with Crippen molar-refractivity contribution in [3.05, 3.63) is 155 Å². The number of phenols is 1. The first kappa shape index (κ1) is 37.2. The first-order chi connectivity index (χ1) is 28.3. The summed E-state index contributed by atoms with van der Waals surface area (Å²) >= 11 is 0. The Balaban J connectivity index is 1.14. The average Bonchev–Trinajstić information content (AvgIpc) is 3.65. The van der Waals surface area contributed by atoms with E-state index in [0.29, 0.717) is 61.0 Å². The van der Waals surface area contributed by atoms with E-state index >= 15 is 4.79 Å². The van der Waals surface area contributed by atoms with Gasteiger partial charge in [0.25, 0.3) is 11.8 Å². The number of aromatic hydroxyl groups is 1. The third-order valence-corrected chi connectivity index (χ3v) is 11.7. The van der Waals surface area contributed by atoms with E-state index in [4.69, 9.17) is 9.47 Å². The number of aromatic nitrogens is 1. The minimum Gasteiger partial charge on any atom is -0.508 e. The molecule has 11 heteroatoms. The Morgan fingerprint density at radius 2 is 1.50 bits per heavy atom. The SMILES string of the molecule is CN(C(=O)c1cn(-c2cc3c(cc2C(=O)N2Cc4ccccc4C[C@H]2CN2CCOCC2)CN(C(=O)Oc2ccccc2)CC3)c2ccccc12)c1ccc(O)cc1. The molecule has 0 saturated carbocycles. The molecule has 294 valence electrons. The molecule has 0 bridgehead atoms. The van der Waals surface area contributed by atoms with Crippen LogP contribution in [0.15, 0.2) is 121 Å². The van der Waals surface area contributed by atoms with Crippen molar-refractivity contribution in [2.24, 2.45) is 0 Å². The number of fused-ring (bicyclic) bond motifs is 3. The van der Waals surface area contributed by atoms with Crippen LogP contribution in [0.4, 0.5) is 10.5 Å². The van der Waals surface area contributed by atoms with Gasteiger partial charge < -0.3 is 33.8 Å². The lowest BCUT2D eigenvalue weighted by molar-refractivity contribution is 0.0193. The van der Waals surface area contributed by atoms with Gasteiger partial charge in [-0.25, -0.2) is 4.79 Å². The monoisotopic (exact) mass is 775 g/mol. The zero-order valence-corrected chi connectivity index (χ0v) is 32.4. The summed E-state index contributed by atoms with van der Waals surface area (Å²) < 4.78 is 13.4. The standard InChI is InChI=1S/C47H45N5O6/c1-48(36-15-17-38(53)18-16-36)45(54)42-31-52(43-14-8-7-13-40(42)43)44-27-33-19-20-50(47(56)58-39-11-3-2-4-12-39)28-35(33)26-41(44)46(55)51-29-34-10-6-5-9-32(34)25-37(51)30-49-21-23-57-24-22-49/h2-18,26-27,31,37,53H,19-25,28-30H2,1H3/t37-/m0/s1. The second kappa shape index (κ2) is 15.8. The number of nitrogens with zero attached hydrogens (tertiary/aromatic N) is 5. The summed E-state index contributed by atoms with van der Waals surface area (Å²) in [6.45, 7) is 4.87. The Bertz CT molecular complexity index is 2490. The fraction of sp³-hybridized carbons (Fsp3) is 0.255. The van der Waals surface area contributed by atoms with Gasteiger partial charge in [-0.05, 0) is 89.7 Å². The number of hydrogen-bond donors (Lipinski definition) is 1. The van der Waals surface area contributed by atoms with Gasteiger partial charge in [0, 0.05) is 69.6 Å². The van der Waals surface area contributed by atoms with E-state index in [0.717, 1.165) is 53.6 Å². The zero-order chi connectivity index (χ0) is 39.8. The molecule has 11 nitrogen and oxygen atoms in total. The van der Waals surface area contributed by atoms with Crippen molar-refractivity contribution in [1.82, 2.24) is 19.3 Å². The molecule has 5 aromatic carbocycles. The quantitative estimate of drug-likeness (QED) is 0.185. The minimum atomic E-state index is -0.440. The number of morpholine rings is 1. The summed E-state index contributed by atoms with van der Waals surface area (Å²) in [4.78, 5) is 50.8. The van der Waals surface area contributed by atoms with E-state index < -0.39 is 6.09 Å². The molecule has 0 unspecified atom stereocenters. The van der Waals surface area contributed by atoms with E-state index in [1.807, 2.05) is 70.3 Å². The van der Waals surface area contributed by atoms with Gasteiger partial charge in [0.2, 0.25) is 0 Å². The summed E-state index contributed by atoms with van der Waals surface area (Å²) in [6.07, 6.45) is 2.69. The van der Waals surface area contributed by atoms with E-state index in [-0.39, 0.29) is 30.2 Å². The third-order valence-electron chi connectivity index (χ3n) is 11.7. The van der Waals surface area contributed by atoms with Crippen LogP contribution in [0.5, 0.6) is 11.5 Å². The number of phenolic OH excluding ortho intramolecular Hbond substituents is 1. The highest BCUT2D eigenvalue weighted by molar-refractivity contribution is 6.14. The summed E-state index contributed by atoms with van der Waals surface area (Å²) in [6, 6.07) is 35.6. The molecule has 58 heavy (non-hydrogen) atoms. The number of carbonyl (C=O) groups excluding carboxylic acids is 3. The second-order valence-electron chi connectivity index (χ2n) is 15.3. The number of anilines is 1. The van der Waals surface area contributed by atoms with Crippen LogP contribution in [0.2, 0.25) is 0 Å². The molecule has 0 radical (unpaired) electrons. The molecule has 6 aromatic rings. The molecule has 9 rings (SSSR count). The van der Waals surface area contributed by atoms with Crippen LogP contribution in [0.3, 0.4) is 0 Å². The summed E-state index contributed by atoms with van der Waals surface area (Å²) in [5, 5.41) is 10.6. The normalized spacial score (nSPS) is 16.7. The third kappa shape index (κ3) is 7.30. The van der Waals surface area contributed by atoms with Gasteiger partial charge in [-0.2, -0.15) is 0 Å². The van der Waals surface area contributed by atoms with E-state index in [9.17, 15) is 14.7 Å². The Kier molecular flexibility index (Phi) is 10.1. The van der Waals surface area contributed by atoms with Crippen LogP contribution in [0.25, 0.3) is 16.6 Å². The maximum Gasteiger partial charge on any atom is 0.415 e. The van der Waals surface area contributed by atoms with Crippen molar-refractivity contribution >= 4 is 34.5 Å². The van der Waals surface area contributed by atoms with Gasteiger partial charge in [0.05, 0.1) is 35.5 Å². The molecule has 3 aliphatic rings. The van der Waals surface area contributed by atoms with Crippen LogP contribution in [0, 0.1) is 0 Å². The van der Waals surface area contributed by atoms with Gasteiger partial charge in [-0.3, -0.25) is 14.5 Å². The van der Waals surface area contributed by atoms with Gasteiger partial charge in [-0.1, -0.05) is 60.7 Å². The number of para-hydroxylation sites is 2. The van der Waals surface area contributed by atoms with Crippen molar-refractivity contribution in [3.63, 3.8) is 0 Å². The maximum atomic E-state index is 15.5. The van der Waals surface area contributed by atoms with Gasteiger partial charge >= 0.3 is 6.09 Å². The first-order valence-electron chi connectivity index (χ1n) is 19.8. The maximum absolute atomic E-state index is 15.5. The molecule has 1 N–H and O–H groups in total. The van der Waals surface area contributed by atoms with Crippen LogP contribution in [0.1, 0.15) is 43.0 Å². The Hall–Kier alpha value is -6.43.